The molecule has 36 heavy (non-hydrogen) atoms. The van der Waals surface area contributed by atoms with Gasteiger partial charge in [0.05, 0.1) is 4.90 Å². The van der Waals surface area contributed by atoms with E-state index >= 15 is 0 Å². The first-order valence-electron chi connectivity index (χ1n) is 12.9. The van der Waals surface area contributed by atoms with Gasteiger partial charge in [0, 0.05) is 6.04 Å². The third-order valence-corrected chi connectivity index (χ3v) is 6.99. The van der Waals surface area contributed by atoms with Gasteiger partial charge in [-0.2, -0.15) is 23.6 Å². The van der Waals surface area contributed by atoms with Crippen LogP contribution in [-0.4, -0.2) is 29.0 Å². The Morgan fingerprint density at radius 2 is 1.50 bits per heavy atom. The van der Waals surface area contributed by atoms with E-state index in [4.69, 9.17) is 16.7 Å². The second kappa shape index (κ2) is 15.3. The molecule has 9 nitrogen and oxygen atoms in total. The molecule has 0 saturated heterocycles. The van der Waals surface area contributed by atoms with Crippen molar-refractivity contribution in [3.8, 4) is 6.07 Å². The monoisotopic (exact) mass is 516 g/mol. The van der Waals surface area contributed by atoms with Gasteiger partial charge in [-0.3, -0.25) is 4.55 Å². The lowest BCUT2D eigenvalue weighted by molar-refractivity contribution is 0.481. The topological polar surface area (TPSA) is 168 Å². The molecule has 10 heteroatoms. The minimum Gasteiger partial charge on any atom is -0.382 e. The van der Waals surface area contributed by atoms with Crippen LogP contribution in [0.1, 0.15) is 95.1 Å². The molecule has 1 aromatic heterocycles. The number of hydrogen-bond acceptors (Lipinski definition) is 8. The number of nitriles is 1. The van der Waals surface area contributed by atoms with Gasteiger partial charge in [-0.1, -0.05) is 82.9 Å². The van der Waals surface area contributed by atoms with Crippen LogP contribution in [0, 0.1) is 11.3 Å². The van der Waals surface area contributed by atoms with Crippen molar-refractivity contribution in [2.45, 2.75) is 101 Å². The minimum atomic E-state index is -4.10. The normalized spacial score (nSPS) is 12.9. The van der Waals surface area contributed by atoms with Crippen LogP contribution in [0.4, 0.5) is 17.6 Å². The predicted molar refractivity (Wildman–Crippen MR) is 144 cm³/mol. The number of anilines is 3. The highest BCUT2D eigenvalue weighted by Gasteiger charge is 2.22. The summed E-state index contributed by atoms with van der Waals surface area (Å²) >= 11 is 0. The van der Waals surface area contributed by atoms with Crippen molar-refractivity contribution in [2.75, 3.05) is 16.8 Å². The molecule has 6 N–H and O–H groups in total. The Hall–Kier alpha value is -2.90. The van der Waals surface area contributed by atoms with E-state index in [1.165, 1.54) is 57.4 Å². The van der Waals surface area contributed by atoms with Crippen LogP contribution in [0.5, 0.6) is 0 Å². The number of nitrogens with zero attached hydrogens (tertiary/aromatic N) is 3. The number of nitrogens with two attached hydrogens (primary N) is 2. The molecule has 1 aliphatic rings. The van der Waals surface area contributed by atoms with Crippen LogP contribution >= 0.6 is 0 Å². The molecular weight excluding hydrogens is 476 g/mol. The summed E-state index contributed by atoms with van der Waals surface area (Å²) in [5.41, 5.74) is 11.9. The van der Waals surface area contributed by atoms with Gasteiger partial charge in [-0.05, 0) is 37.3 Å². The third kappa shape index (κ3) is 10.8. The van der Waals surface area contributed by atoms with E-state index in [2.05, 4.69) is 22.2 Å². The van der Waals surface area contributed by atoms with E-state index in [0.29, 0.717) is 18.4 Å². The second-order valence-corrected chi connectivity index (χ2v) is 10.6. The Labute approximate surface area is 215 Å². The van der Waals surface area contributed by atoms with E-state index in [1.54, 1.807) is 12.1 Å². The fourth-order valence-electron chi connectivity index (χ4n) is 3.85. The van der Waals surface area contributed by atoms with Gasteiger partial charge in [0.1, 0.15) is 23.3 Å². The number of aryl methyl sites for hydroxylation is 1. The lowest BCUT2D eigenvalue weighted by atomic mass is 10.0. The Morgan fingerprint density at radius 1 is 0.972 bits per heavy atom. The number of nitrogen functional groups attached to an aromatic ring is 2. The number of benzene rings is 1. The van der Waals surface area contributed by atoms with Gasteiger partial charge < -0.3 is 16.8 Å². The molecule has 1 fully saturated rings. The molecule has 198 valence electrons. The van der Waals surface area contributed by atoms with Crippen LogP contribution in [0.2, 0.25) is 0 Å². The first-order chi connectivity index (χ1) is 17.3. The smallest absolute Gasteiger partial charge is 0.294 e. The number of aromatic nitrogens is 2. The van der Waals surface area contributed by atoms with Crippen LogP contribution in [0.15, 0.2) is 29.2 Å². The first kappa shape index (κ1) is 29.3. The maximum absolute atomic E-state index is 11.3. The van der Waals surface area contributed by atoms with Crippen molar-refractivity contribution in [1.29, 1.82) is 5.26 Å². The van der Waals surface area contributed by atoms with Crippen molar-refractivity contribution >= 4 is 27.7 Å². The molecule has 0 unspecified atom stereocenters. The van der Waals surface area contributed by atoms with E-state index < -0.39 is 10.1 Å². The molecule has 1 heterocycles. The molecule has 1 aromatic carbocycles. The Morgan fingerprint density at radius 3 is 2.00 bits per heavy atom. The highest BCUT2D eigenvalue weighted by molar-refractivity contribution is 7.85. The largest absolute Gasteiger partial charge is 0.382 e. The third-order valence-electron chi connectivity index (χ3n) is 6.04. The van der Waals surface area contributed by atoms with Crippen molar-refractivity contribution in [2.24, 2.45) is 0 Å². The second-order valence-electron chi connectivity index (χ2n) is 9.24. The SMILES string of the molecule is CCCCCCCCCCCCc1ccccc1S(=O)(=O)O.N#Cc1c(N)nc(NC2CC2)nc1N. The summed E-state index contributed by atoms with van der Waals surface area (Å²) in [5, 5.41) is 11.7. The molecule has 0 radical (unpaired) electrons. The van der Waals surface area contributed by atoms with Gasteiger partial charge in [0.25, 0.3) is 10.1 Å². The summed E-state index contributed by atoms with van der Waals surface area (Å²) in [7, 11) is -4.10. The Balaban J connectivity index is 0.000000278. The van der Waals surface area contributed by atoms with Crippen LogP contribution in [0.3, 0.4) is 0 Å². The zero-order valence-electron chi connectivity index (χ0n) is 21.2. The molecule has 0 amide bonds. The highest BCUT2D eigenvalue weighted by atomic mass is 32.2. The van der Waals surface area contributed by atoms with Crippen molar-refractivity contribution < 1.29 is 13.0 Å². The Kier molecular flexibility index (Phi) is 12.4. The molecule has 0 atom stereocenters. The highest BCUT2D eigenvalue weighted by Crippen LogP contribution is 2.25. The quantitative estimate of drug-likeness (QED) is 0.187. The molecule has 1 saturated carbocycles. The maximum Gasteiger partial charge on any atom is 0.294 e. The predicted octanol–water partition coefficient (Wildman–Crippen LogP) is 5.48. The molecular formula is C26H40N6O3S. The number of nitrogens with one attached hydrogen (secondary N) is 1. The standard InChI is InChI=1S/C18H30O3S.C8H10N6/c1-2-3-4-5-6-7-8-9-10-11-14-17-15-12-13-16-18(17)22(19,20)21;9-3-5-6(10)13-8(14-7(5)11)12-4-1-2-4/h12-13,15-16H,2-11,14H2,1H3,(H,19,20,21);4H,1-2H2,(H5,10,11,12,13,14). The summed E-state index contributed by atoms with van der Waals surface area (Å²) < 4.78 is 31.8. The average Bonchev–Trinajstić information content (AvgIpc) is 3.64. The zero-order chi connectivity index (χ0) is 26.4. The van der Waals surface area contributed by atoms with Gasteiger partial charge >= 0.3 is 0 Å². The van der Waals surface area contributed by atoms with E-state index in [0.717, 1.165) is 31.2 Å². The molecule has 0 aliphatic heterocycles. The van der Waals surface area contributed by atoms with Crippen LogP contribution in [-0.2, 0) is 16.5 Å². The summed E-state index contributed by atoms with van der Waals surface area (Å²) in [4.78, 5) is 7.94. The van der Waals surface area contributed by atoms with E-state index in [1.807, 2.05) is 12.1 Å². The zero-order valence-corrected chi connectivity index (χ0v) is 22.1. The number of hydrogen-bond donors (Lipinski definition) is 4. The number of rotatable bonds is 14. The average molecular weight is 517 g/mol. The maximum atomic E-state index is 11.3. The molecule has 1 aliphatic carbocycles. The van der Waals surface area contributed by atoms with Crippen molar-refractivity contribution in [3.63, 3.8) is 0 Å². The summed E-state index contributed by atoms with van der Waals surface area (Å²) in [6, 6.07) is 9.01. The molecule has 2 aromatic rings. The minimum absolute atomic E-state index is 0.0610. The molecule has 0 bridgehead atoms. The first-order valence-corrected chi connectivity index (χ1v) is 14.3. The van der Waals surface area contributed by atoms with Gasteiger partial charge in [-0.15, -0.1) is 0 Å². The summed E-state index contributed by atoms with van der Waals surface area (Å²) in [6.45, 7) is 2.24. The van der Waals surface area contributed by atoms with Crippen molar-refractivity contribution in [3.05, 3.63) is 35.4 Å². The van der Waals surface area contributed by atoms with E-state index in [-0.39, 0.29) is 22.1 Å². The Bertz CT molecular complexity index is 1070. The van der Waals surface area contributed by atoms with Crippen LogP contribution in [0.25, 0.3) is 0 Å². The van der Waals surface area contributed by atoms with E-state index in [9.17, 15) is 13.0 Å². The lowest BCUT2D eigenvalue weighted by Gasteiger charge is -2.07. The molecule has 0 spiro atoms. The van der Waals surface area contributed by atoms with Gasteiger partial charge in [0.15, 0.2) is 0 Å². The van der Waals surface area contributed by atoms with Gasteiger partial charge in [-0.25, -0.2) is 0 Å². The van der Waals surface area contributed by atoms with Crippen LogP contribution < -0.4 is 16.8 Å². The van der Waals surface area contributed by atoms with Crippen molar-refractivity contribution in [1.82, 2.24) is 9.97 Å². The fraction of sp³-hybridized carbons (Fsp3) is 0.577. The van der Waals surface area contributed by atoms with Gasteiger partial charge in [0.2, 0.25) is 5.95 Å². The summed E-state index contributed by atoms with van der Waals surface area (Å²) in [6.07, 6.45) is 15.5. The number of unbranched alkanes of at least 4 members (excludes halogenated alkanes) is 9. The lowest BCUT2D eigenvalue weighted by Crippen LogP contribution is -2.10. The fourth-order valence-corrected chi connectivity index (χ4v) is 4.60. The summed E-state index contributed by atoms with van der Waals surface area (Å²) in [5.74, 6) is 0.660. The molecule has 3 rings (SSSR count).